The van der Waals surface area contributed by atoms with Crippen LogP contribution >= 0.6 is 35.0 Å². The van der Waals surface area contributed by atoms with Crippen molar-refractivity contribution in [2.45, 2.75) is 4.90 Å². The minimum Gasteiger partial charge on any atom is -0.493 e. The highest BCUT2D eigenvalue weighted by molar-refractivity contribution is 8.00. The molecule has 0 atom stereocenters. The van der Waals surface area contributed by atoms with Gasteiger partial charge in [0.2, 0.25) is 0 Å². The van der Waals surface area contributed by atoms with E-state index in [0.717, 1.165) is 4.90 Å². The first-order chi connectivity index (χ1) is 20.3. The number of halogens is 2. The zero-order valence-corrected chi connectivity index (χ0v) is 25.0. The molecule has 0 radical (unpaired) electrons. The number of thioether (sulfide) groups is 1. The predicted molar refractivity (Wildman–Crippen MR) is 168 cm³/mol. The second-order valence-electron chi connectivity index (χ2n) is 8.78. The maximum atomic E-state index is 13.3. The van der Waals surface area contributed by atoms with Gasteiger partial charge in [-0.1, -0.05) is 53.5 Å². The van der Waals surface area contributed by atoms with Crippen LogP contribution in [-0.2, 0) is 4.79 Å². The molecule has 0 aliphatic rings. The molecule has 0 aliphatic heterocycles. The second kappa shape index (κ2) is 14.6. The summed E-state index contributed by atoms with van der Waals surface area (Å²) in [6.07, 6.45) is 1.47. The highest BCUT2D eigenvalue weighted by Crippen LogP contribution is 2.30. The summed E-state index contributed by atoms with van der Waals surface area (Å²) < 4.78 is 10.5. The number of carbonyl (C=O) groups is 3. The Morgan fingerprint density at radius 3 is 2.21 bits per heavy atom. The fourth-order valence-corrected chi connectivity index (χ4v) is 4.96. The van der Waals surface area contributed by atoms with Gasteiger partial charge in [0.1, 0.15) is 5.70 Å². The normalized spacial score (nSPS) is 11.0. The highest BCUT2D eigenvalue weighted by atomic mass is 35.5. The molecule has 0 spiro atoms. The van der Waals surface area contributed by atoms with E-state index in [0.29, 0.717) is 38.9 Å². The first kappa shape index (κ1) is 30.7. The Bertz CT molecular complexity index is 1630. The van der Waals surface area contributed by atoms with Gasteiger partial charge in [-0.15, -0.1) is 11.8 Å². The SMILES string of the molecule is COc1ccc(C(=O)CSc2ccc(NC(=O)/C(=C/c3cccc(Cl)c3Cl)NC(=O)c3ccccc3)cc2)cc1OC. The summed E-state index contributed by atoms with van der Waals surface area (Å²) in [4.78, 5) is 39.7. The molecule has 4 aromatic rings. The Kier molecular flexibility index (Phi) is 10.7. The van der Waals surface area contributed by atoms with Crippen molar-refractivity contribution in [1.29, 1.82) is 0 Å². The molecule has 0 aliphatic carbocycles. The molecule has 4 aromatic carbocycles. The van der Waals surface area contributed by atoms with Crippen LogP contribution in [0.3, 0.4) is 0 Å². The van der Waals surface area contributed by atoms with Crippen molar-refractivity contribution in [1.82, 2.24) is 5.32 Å². The van der Waals surface area contributed by atoms with Crippen molar-refractivity contribution in [2.24, 2.45) is 0 Å². The van der Waals surface area contributed by atoms with Crippen LogP contribution in [0.25, 0.3) is 6.08 Å². The number of ketones is 1. The number of rotatable bonds is 11. The predicted octanol–water partition coefficient (Wildman–Crippen LogP) is 7.40. The van der Waals surface area contributed by atoms with Gasteiger partial charge >= 0.3 is 0 Å². The fraction of sp³-hybridized carbons (Fsp3) is 0.0938. The lowest BCUT2D eigenvalue weighted by molar-refractivity contribution is -0.113. The zero-order valence-electron chi connectivity index (χ0n) is 22.7. The molecule has 0 unspecified atom stereocenters. The average Bonchev–Trinajstić information content (AvgIpc) is 3.02. The van der Waals surface area contributed by atoms with Crippen molar-refractivity contribution < 1.29 is 23.9 Å². The van der Waals surface area contributed by atoms with Gasteiger partial charge < -0.3 is 20.1 Å². The Labute approximate surface area is 257 Å². The van der Waals surface area contributed by atoms with Gasteiger partial charge in [0, 0.05) is 21.7 Å². The van der Waals surface area contributed by atoms with Crippen LogP contribution in [0.5, 0.6) is 11.5 Å². The Morgan fingerprint density at radius 1 is 0.810 bits per heavy atom. The van der Waals surface area contributed by atoms with E-state index in [2.05, 4.69) is 10.6 Å². The largest absolute Gasteiger partial charge is 0.493 e. The van der Waals surface area contributed by atoms with E-state index in [1.807, 2.05) is 0 Å². The first-order valence-electron chi connectivity index (χ1n) is 12.6. The van der Waals surface area contributed by atoms with Crippen molar-refractivity contribution in [3.05, 3.63) is 123 Å². The lowest BCUT2D eigenvalue weighted by Gasteiger charge is -2.12. The summed E-state index contributed by atoms with van der Waals surface area (Å²) >= 11 is 13.8. The number of ether oxygens (including phenoxy) is 2. The summed E-state index contributed by atoms with van der Waals surface area (Å²) in [5, 5.41) is 6.04. The molecule has 0 bridgehead atoms. The molecule has 10 heteroatoms. The molecule has 7 nitrogen and oxygen atoms in total. The Hall–Kier alpha value is -4.24. The van der Waals surface area contributed by atoms with Gasteiger partial charge in [-0.2, -0.15) is 0 Å². The average molecular weight is 622 g/mol. The summed E-state index contributed by atoms with van der Waals surface area (Å²) in [7, 11) is 3.05. The van der Waals surface area contributed by atoms with Crippen LogP contribution in [0.15, 0.2) is 102 Å². The molecular weight excluding hydrogens is 595 g/mol. The summed E-state index contributed by atoms with van der Waals surface area (Å²) in [6, 6.07) is 25.6. The third-order valence-electron chi connectivity index (χ3n) is 6.00. The van der Waals surface area contributed by atoms with E-state index in [1.165, 1.54) is 32.1 Å². The number of benzene rings is 4. The molecule has 0 saturated carbocycles. The van der Waals surface area contributed by atoms with Crippen molar-refractivity contribution >= 4 is 64.3 Å². The minimum absolute atomic E-state index is 0.0213. The number of anilines is 1. The molecule has 42 heavy (non-hydrogen) atoms. The van der Waals surface area contributed by atoms with Crippen LogP contribution in [0.2, 0.25) is 10.0 Å². The van der Waals surface area contributed by atoms with Crippen molar-refractivity contribution in [2.75, 3.05) is 25.3 Å². The van der Waals surface area contributed by atoms with Crippen LogP contribution < -0.4 is 20.1 Å². The molecule has 0 fully saturated rings. The van der Waals surface area contributed by atoms with Crippen LogP contribution in [-0.4, -0.2) is 37.6 Å². The van der Waals surface area contributed by atoms with E-state index in [4.69, 9.17) is 32.7 Å². The number of carbonyl (C=O) groups excluding carboxylic acids is 3. The van der Waals surface area contributed by atoms with E-state index in [1.54, 1.807) is 91.0 Å². The third kappa shape index (κ3) is 7.94. The van der Waals surface area contributed by atoms with Gasteiger partial charge in [0.15, 0.2) is 17.3 Å². The lowest BCUT2D eigenvalue weighted by Crippen LogP contribution is -2.30. The van der Waals surface area contributed by atoms with Crippen LogP contribution in [0.1, 0.15) is 26.3 Å². The molecule has 4 rings (SSSR count). The minimum atomic E-state index is -0.556. The Morgan fingerprint density at radius 2 is 1.52 bits per heavy atom. The number of amides is 2. The van der Waals surface area contributed by atoms with Gasteiger partial charge in [-0.25, -0.2) is 0 Å². The Balaban J connectivity index is 1.45. The molecule has 214 valence electrons. The van der Waals surface area contributed by atoms with E-state index in [9.17, 15) is 14.4 Å². The molecule has 0 heterocycles. The topological polar surface area (TPSA) is 93.7 Å². The van der Waals surface area contributed by atoms with E-state index in [-0.39, 0.29) is 22.3 Å². The molecule has 0 aromatic heterocycles. The summed E-state index contributed by atoms with van der Waals surface area (Å²) in [6.45, 7) is 0. The van der Waals surface area contributed by atoms with E-state index < -0.39 is 11.8 Å². The maximum Gasteiger partial charge on any atom is 0.272 e. The van der Waals surface area contributed by atoms with Gasteiger partial charge in [0.25, 0.3) is 11.8 Å². The van der Waals surface area contributed by atoms with Crippen LogP contribution in [0, 0.1) is 0 Å². The number of nitrogens with one attached hydrogen (secondary N) is 2. The quantitative estimate of drug-likeness (QED) is 0.103. The van der Waals surface area contributed by atoms with Crippen LogP contribution in [0.4, 0.5) is 5.69 Å². The number of hydrogen-bond donors (Lipinski definition) is 2. The monoisotopic (exact) mass is 620 g/mol. The number of Topliss-reactive ketones (excluding diaryl/α,β-unsaturated/α-hetero) is 1. The molecular formula is C32H26Cl2N2O5S. The van der Waals surface area contributed by atoms with Crippen molar-refractivity contribution in [3.8, 4) is 11.5 Å². The van der Waals surface area contributed by atoms with Gasteiger partial charge in [-0.3, -0.25) is 14.4 Å². The molecule has 0 saturated heterocycles. The highest BCUT2D eigenvalue weighted by Gasteiger charge is 2.17. The number of methoxy groups -OCH3 is 2. The smallest absolute Gasteiger partial charge is 0.272 e. The second-order valence-corrected chi connectivity index (χ2v) is 10.6. The van der Waals surface area contributed by atoms with Gasteiger partial charge in [0.05, 0.1) is 30.0 Å². The van der Waals surface area contributed by atoms with E-state index >= 15 is 0 Å². The number of hydrogen-bond acceptors (Lipinski definition) is 6. The van der Waals surface area contributed by atoms with Crippen molar-refractivity contribution in [3.63, 3.8) is 0 Å². The molecule has 2 amide bonds. The summed E-state index contributed by atoms with van der Waals surface area (Å²) in [5.74, 6) is 0.162. The standard InChI is InChI=1S/C32H26Cl2N2O5S/c1-40-28-16-11-21(18-29(28)41-2)27(37)19-42-24-14-12-23(13-15-24)35-32(39)26(17-22-9-6-10-25(33)30(22)34)36-31(38)20-7-4-3-5-8-20/h3-18H,19H2,1-2H3,(H,35,39)(H,36,38)/b26-17-. The zero-order chi connectivity index (χ0) is 30.1. The summed E-state index contributed by atoms with van der Waals surface area (Å²) in [5.41, 5.74) is 1.84. The third-order valence-corrected chi connectivity index (χ3v) is 7.84. The maximum absolute atomic E-state index is 13.3. The lowest BCUT2D eigenvalue weighted by atomic mass is 10.1. The molecule has 2 N–H and O–H groups in total. The van der Waals surface area contributed by atoms with Gasteiger partial charge in [-0.05, 0) is 72.3 Å². The fourth-order valence-electron chi connectivity index (χ4n) is 3.80. The first-order valence-corrected chi connectivity index (χ1v) is 14.3.